The number of carbonyl (C=O) groups is 4. The Morgan fingerprint density at radius 3 is 1.94 bits per heavy atom. The lowest BCUT2D eigenvalue weighted by Crippen LogP contribution is -2.52. The van der Waals surface area contributed by atoms with Crippen LogP contribution in [0.15, 0.2) is 18.2 Å². The van der Waals surface area contributed by atoms with Gasteiger partial charge >= 0.3 is 24.4 Å². The van der Waals surface area contributed by atoms with Crippen LogP contribution in [0.2, 0.25) is 0 Å². The van der Waals surface area contributed by atoms with E-state index in [0.29, 0.717) is 12.0 Å². The minimum atomic E-state index is -1.86. The molecule has 0 aliphatic heterocycles. The van der Waals surface area contributed by atoms with Crippen LogP contribution in [0.1, 0.15) is 59.9 Å². The first-order valence-electron chi connectivity index (χ1n) is 11.5. The molecule has 0 heterocycles. The smallest absolute Gasteiger partial charge is 0.480 e. The average Bonchev–Trinajstić information content (AvgIpc) is 2.72. The van der Waals surface area contributed by atoms with Crippen molar-refractivity contribution in [3.8, 4) is 11.5 Å². The molecular weight excluding hydrogens is 478 g/mol. The number of carbonyl (C=O) groups excluding carboxylic acids is 3. The van der Waals surface area contributed by atoms with Gasteiger partial charge in [0, 0.05) is 12.8 Å². The Balaban J connectivity index is 3.15. The predicted molar refractivity (Wildman–Crippen MR) is 126 cm³/mol. The highest BCUT2D eigenvalue weighted by molar-refractivity contribution is 5.79. The molecular formula is C24H35NO11. The number of ether oxygens (including phenoxy) is 6. The Kier molecular flexibility index (Phi) is 12.0. The van der Waals surface area contributed by atoms with Crippen LogP contribution in [0, 0.1) is 0 Å². The summed E-state index contributed by atoms with van der Waals surface area (Å²) in [6.07, 6.45) is -4.71. The lowest BCUT2D eigenvalue weighted by Gasteiger charge is -2.28. The van der Waals surface area contributed by atoms with Crippen LogP contribution in [-0.4, -0.2) is 60.0 Å². The Morgan fingerprint density at radius 1 is 0.889 bits per heavy atom. The van der Waals surface area contributed by atoms with Gasteiger partial charge in [-0.05, 0) is 58.7 Å². The molecule has 1 aromatic rings. The molecule has 0 spiro atoms. The number of aliphatic carboxylic acids is 1. The summed E-state index contributed by atoms with van der Waals surface area (Å²) in [5, 5.41) is 9.80. The lowest BCUT2D eigenvalue weighted by atomic mass is 9.86. The van der Waals surface area contributed by atoms with Crippen LogP contribution in [0.4, 0.5) is 14.4 Å². The molecule has 0 aliphatic carbocycles. The molecule has 0 saturated carbocycles. The summed E-state index contributed by atoms with van der Waals surface area (Å²) in [5.41, 5.74) is 4.64. The fourth-order valence-electron chi connectivity index (χ4n) is 2.98. The zero-order chi connectivity index (χ0) is 27.5. The summed E-state index contributed by atoms with van der Waals surface area (Å²) < 4.78 is 30.1. The second kappa shape index (κ2) is 14.1. The van der Waals surface area contributed by atoms with Gasteiger partial charge in [-0.15, -0.1) is 0 Å². The fourth-order valence-corrected chi connectivity index (χ4v) is 2.98. The second-order valence-electron chi connectivity index (χ2n) is 8.69. The van der Waals surface area contributed by atoms with E-state index in [0.717, 1.165) is 0 Å². The molecule has 2 atom stereocenters. The lowest BCUT2D eigenvalue weighted by molar-refractivity contribution is -0.144. The largest absolute Gasteiger partial charge is 0.514 e. The van der Waals surface area contributed by atoms with Crippen molar-refractivity contribution >= 4 is 24.4 Å². The van der Waals surface area contributed by atoms with Crippen molar-refractivity contribution in [3.05, 3.63) is 23.8 Å². The fraction of sp³-hybridized carbons (Fsp3) is 0.583. The van der Waals surface area contributed by atoms with Gasteiger partial charge in [-0.1, -0.05) is 13.0 Å². The van der Waals surface area contributed by atoms with Crippen LogP contribution >= 0.6 is 0 Å². The number of rotatable bonds is 12. The number of carboxylic acid groups (broad SMARTS) is 1. The Morgan fingerprint density at radius 2 is 1.44 bits per heavy atom. The number of benzene rings is 1. The van der Waals surface area contributed by atoms with Gasteiger partial charge in [-0.3, -0.25) is 4.79 Å². The van der Waals surface area contributed by atoms with Crippen molar-refractivity contribution in [3.63, 3.8) is 0 Å². The minimum Gasteiger partial charge on any atom is -0.480 e. The number of carboxylic acids is 1. The van der Waals surface area contributed by atoms with Crippen LogP contribution in [0.3, 0.4) is 0 Å². The van der Waals surface area contributed by atoms with Gasteiger partial charge in [0.15, 0.2) is 11.5 Å². The van der Waals surface area contributed by atoms with Gasteiger partial charge in [-0.2, -0.15) is 0 Å². The van der Waals surface area contributed by atoms with E-state index in [1.165, 1.54) is 25.1 Å². The third kappa shape index (κ3) is 10.8. The van der Waals surface area contributed by atoms with E-state index in [1.807, 2.05) is 6.92 Å². The summed E-state index contributed by atoms with van der Waals surface area (Å²) in [7, 11) is 0. The van der Waals surface area contributed by atoms with Crippen molar-refractivity contribution in [2.24, 2.45) is 5.73 Å². The Bertz CT molecular complexity index is 915. The maximum Gasteiger partial charge on any atom is 0.514 e. The standard InChI is InChI=1S/C24H35NO11/c1-7-10-31-21(28)34-16(6)12-24(25,20(26)27)13-17-8-9-18(35-22(29)32-14(2)3)19(11-17)36-23(30)33-15(4)5/h8-9,11,14-16H,7,10,12-13,25H2,1-6H3,(H,26,27)/t16-,24?/m0/s1. The van der Waals surface area contributed by atoms with Crippen molar-refractivity contribution in [1.29, 1.82) is 0 Å². The number of hydrogen-bond donors (Lipinski definition) is 2. The molecule has 0 aromatic heterocycles. The molecule has 0 amide bonds. The molecule has 12 heteroatoms. The molecule has 12 nitrogen and oxygen atoms in total. The Labute approximate surface area is 209 Å². The van der Waals surface area contributed by atoms with Crippen molar-refractivity contribution in [2.45, 2.75) is 84.7 Å². The zero-order valence-electron chi connectivity index (χ0n) is 21.4. The first kappa shape index (κ1) is 30.5. The van der Waals surface area contributed by atoms with Crippen molar-refractivity contribution in [2.75, 3.05) is 6.61 Å². The predicted octanol–water partition coefficient (Wildman–Crippen LogP) is 4.20. The molecule has 1 rings (SSSR count). The molecule has 0 radical (unpaired) electrons. The number of nitrogens with two attached hydrogens (primary N) is 1. The van der Waals surface area contributed by atoms with Gasteiger partial charge in [0.2, 0.25) is 0 Å². The normalized spacial score (nSPS) is 13.4. The highest BCUT2D eigenvalue weighted by Gasteiger charge is 2.37. The first-order chi connectivity index (χ1) is 16.7. The second-order valence-corrected chi connectivity index (χ2v) is 8.69. The van der Waals surface area contributed by atoms with E-state index in [4.69, 9.17) is 34.2 Å². The molecule has 0 fully saturated rings. The van der Waals surface area contributed by atoms with Gasteiger partial charge in [0.1, 0.15) is 11.6 Å². The average molecular weight is 514 g/mol. The third-order valence-corrected chi connectivity index (χ3v) is 4.38. The van der Waals surface area contributed by atoms with Gasteiger partial charge in [0.05, 0.1) is 18.8 Å². The van der Waals surface area contributed by atoms with E-state index < -0.39 is 48.3 Å². The van der Waals surface area contributed by atoms with E-state index >= 15 is 0 Å². The molecule has 3 N–H and O–H groups in total. The summed E-state index contributed by atoms with van der Waals surface area (Å²) in [6.45, 7) is 9.96. The first-order valence-corrected chi connectivity index (χ1v) is 11.5. The topological polar surface area (TPSA) is 170 Å². The van der Waals surface area contributed by atoms with Crippen LogP contribution in [0.5, 0.6) is 11.5 Å². The highest BCUT2D eigenvalue weighted by Crippen LogP contribution is 2.31. The van der Waals surface area contributed by atoms with Crippen LogP contribution < -0.4 is 15.2 Å². The monoisotopic (exact) mass is 513 g/mol. The van der Waals surface area contributed by atoms with Gasteiger partial charge in [-0.25, -0.2) is 14.4 Å². The maximum atomic E-state index is 12.1. The molecule has 1 unspecified atom stereocenters. The zero-order valence-corrected chi connectivity index (χ0v) is 21.4. The van der Waals surface area contributed by atoms with Crippen molar-refractivity contribution in [1.82, 2.24) is 0 Å². The van der Waals surface area contributed by atoms with Crippen LogP contribution in [0.25, 0.3) is 0 Å². The summed E-state index contributed by atoms with van der Waals surface area (Å²) in [4.78, 5) is 47.8. The molecule has 36 heavy (non-hydrogen) atoms. The van der Waals surface area contributed by atoms with Gasteiger partial charge < -0.3 is 39.3 Å². The Hall–Kier alpha value is -3.54. The minimum absolute atomic E-state index is 0.154. The van der Waals surface area contributed by atoms with Crippen molar-refractivity contribution < 1.29 is 52.7 Å². The summed E-state index contributed by atoms with van der Waals surface area (Å²) >= 11 is 0. The highest BCUT2D eigenvalue weighted by atomic mass is 16.8. The molecule has 1 aromatic carbocycles. The van der Waals surface area contributed by atoms with E-state index in [9.17, 15) is 24.3 Å². The summed E-state index contributed by atoms with van der Waals surface area (Å²) in [6, 6.07) is 4.05. The quantitative estimate of drug-likeness (QED) is 0.232. The van der Waals surface area contributed by atoms with Gasteiger partial charge in [0.25, 0.3) is 0 Å². The third-order valence-electron chi connectivity index (χ3n) is 4.38. The summed E-state index contributed by atoms with van der Waals surface area (Å²) in [5.74, 6) is -1.71. The molecule has 0 saturated heterocycles. The number of hydrogen-bond acceptors (Lipinski definition) is 11. The SMILES string of the molecule is CCCOC(=O)O[C@@H](C)CC(N)(Cc1ccc(OC(=O)OC(C)C)c(OC(=O)OC(C)C)c1)C(=O)O. The molecule has 0 bridgehead atoms. The maximum absolute atomic E-state index is 12.1. The molecule has 202 valence electrons. The van der Waals surface area contributed by atoms with E-state index in [2.05, 4.69) is 0 Å². The van der Waals surface area contributed by atoms with Crippen LogP contribution in [-0.2, 0) is 30.2 Å². The van der Waals surface area contributed by atoms with E-state index in [-0.39, 0.29) is 30.9 Å². The van der Waals surface area contributed by atoms with E-state index in [1.54, 1.807) is 27.7 Å². The molecule has 0 aliphatic rings.